The Kier molecular flexibility index (Phi) is 4.29. The van der Waals surface area contributed by atoms with Crippen LogP contribution in [0.4, 0.5) is 10.1 Å². The molecule has 0 unspecified atom stereocenters. The molecule has 0 aliphatic rings. The van der Waals surface area contributed by atoms with Gasteiger partial charge in [-0.1, -0.05) is 12.1 Å². The Labute approximate surface area is 123 Å². The first-order valence-corrected chi connectivity index (χ1v) is 7.90. The summed E-state index contributed by atoms with van der Waals surface area (Å²) >= 11 is 0. The maximum atomic E-state index is 13.9. The summed E-state index contributed by atoms with van der Waals surface area (Å²) in [6.07, 6.45) is 0. The summed E-state index contributed by atoms with van der Waals surface area (Å²) in [4.78, 5) is -0.390. The average molecular weight is 308 g/mol. The monoisotopic (exact) mass is 308 g/mol. The minimum absolute atomic E-state index is 0.155. The Bertz CT molecular complexity index is 753. The highest BCUT2D eigenvalue weighted by atomic mass is 32.2. The highest BCUT2D eigenvalue weighted by molar-refractivity contribution is 7.92. The van der Waals surface area contributed by atoms with Crippen LogP contribution in [-0.4, -0.2) is 8.42 Å². The van der Waals surface area contributed by atoms with E-state index in [9.17, 15) is 12.8 Å². The van der Waals surface area contributed by atoms with Crippen molar-refractivity contribution in [3.05, 3.63) is 58.9 Å². The summed E-state index contributed by atoms with van der Waals surface area (Å²) in [6.45, 7) is 3.88. The smallest absolute Gasteiger partial charge is 0.264 e. The molecule has 0 saturated heterocycles. The van der Waals surface area contributed by atoms with E-state index in [1.54, 1.807) is 12.1 Å². The molecule has 0 saturated carbocycles. The Balaban J connectivity index is 2.38. The van der Waals surface area contributed by atoms with Crippen LogP contribution in [0.5, 0.6) is 0 Å². The lowest BCUT2D eigenvalue weighted by Gasteiger charge is -2.11. The summed E-state index contributed by atoms with van der Waals surface area (Å²) in [5.74, 6) is -0.810. The first kappa shape index (κ1) is 15.5. The molecule has 2 rings (SSSR count). The van der Waals surface area contributed by atoms with E-state index in [0.29, 0.717) is 11.3 Å². The van der Waals surface area contributed by atoms with E-state index >= 15 is 0 Å². The standard InChI is InChI=1S/C15H17FN2O2S/c1-10-5-11(2)7-13(6-10)18-21(19,20)15-4-3-12(9-17)8-14(15)16/h3-8,18H,9,17H2,1-2H3. The Hall–Kier alpha value is -1.92. The number of hydrogen-bond donors (Lipinski definition) is 2. The molecule has 6 heteroatoms. The molecule has 0 aliphatic heterocycles. The fourth-order valence-electron chi connectivity index (χ4n) is 2.13. The third kappa shape index (κ3) is 3.59. The molecule has 0 fully saturated rings. The molecule has 0 bridgehead atoms. The second kappa shape index (κ2) is 5.83. The van der Waals surface area contributed by atoms with E-state index in [2.05, 4.69) is 4.72 Å². The van der Waals surface area contributed by atoms with Crippen LogP contribution >= 0.6 is 0 Å². The normalized spacial score (nSPS) is 11.4. The topological polar surface area (TPSA) is 72.2 Å². The SMILES string of the molecule is Cc1cc(C)cc(NS(=O)(=O)c2ccc(CN)cc2F)c1. The van der Waals surface area contributed by atoms with Crippen LogP contribution < -0.4 is 10.5 Å². The molecule has 2 aromatic carbocycles. The third-order valence-corrected chi connectivity index (χ3v) is 4.41. The van der Waals surface area contributed by atoms with Gasteiger partial charge in [-0.15, -0.1) is 0 Å². The largest absolute Gasteiger partial charge is 0.326 e. The number of sulfonamides is 1. The van der Waals surface area contributed by atoms with Crippen LogP contribution in [-0.2, 0) is 16.6 Å². The van der Waals surface area contributed by atoms with Gasteiger partial charge in [0.25, 0.3) is 10.0 Å². The zero-order chi connectivity index (χ0) is 15.6. The van der Waals surface area contributed by atoms with E-state index < -0.39 is 15.8 Å². The van der Waals surface area contributed by atoms with Crippen LogP contribution in [0.1, 0.15) is 16.7 Å². The van der Waals surface area contributed by atoms with E-state index in [4.69, 9.17) is 5.73 Å². The van der Waals surface area contributed by atoms with Gasteiger partial charge in [0.1, 0.15) is 10.7 Å². The number of aryl methyl sites for hydroxylation is 2. The van der Waals surface area contributed by atoms with Gasteiger partial charge in [0.05, 0.1) is 0 Å². The number of nitrogens with two attached hydrogens (primary N) is 1. The zero-order valence-electron chi connectivity index (χ0n) is 11.9. The average Bonchev–Trinajstić information content (AvgIpc) is 2.36. The summed E-state index contributed by atoms with van der Waals surface area (Å²) in [5.41, 5.74) is 8.20. The van der Waals surface area contributed by atoms with Gasteiger partial charge in [0.15, 0.2) is 0 Å². The van der Waals surface area contributed by atoms with Crippen LogP contribution in [0.25, 0.3) is 0 Å². The lowest BCUT2D eigenvalue weighted by Crippen LogP contribution is -2.15. The maximum Gasteiger partial charge on any atom is 0.264 e. The molecule has 0 spiro atoms. The second-order valence-electron chi connectivity index (χ2n) is 4.95. The van der Waals surface area contributed by atoms with Gasteiger partial charge in [-0.2, -0.15) is 0 Å². The van der Waals surface area contributed by atoms with E-state index in [1.807, 2.05) is 19.9 Å². The summed E-state index contributed by atoms with van der Waals surface area (Å²) < 4.78 is 40.8. The number of benzene rings is 2. The van der Waals surface area contributed by atoms with Crippen LogP contribution in [0.15, 0.2) is 41.3 Å². The minimum Gasteiger partial charge on any atom is -0.326 e. The van der Waals surface area contributed by atoms with E-state index in [1.165, 1.54) is 12.1 Å². The molecule has 0 atom stereocenters. The van der Waals surface area contributed by atoms with Crippen LogP contribution in [0, 0.1) is 19.7 Å². The van der Waals surface area contributed by atoms with Crippen molar-refractivity contribution in [2.24, 2.45) is 5.73 Å². The van der Waals surface area contributed by atoms with Gasteiger partial charge >= 0.3 is 0 Å². The quantitative estimate of drug-likeness (QED) is 0.912. The number of halogens is 1. The Morgan fingerprint density at radius 2 is 1.71 bits per heavy atom. The van der Waals surface area contributed by atoms with Crippen molar-refractivity contribution in [2.45, 2.75) is 25.3 Å². The summed E-state index contributed by atoms with van der Waals surface area (Å²) in [6, 6.07) is 9.17. The van der Waals surface area contributed by atoms with Gasteiger partial charge in [0, 0.05) is 12.2 Å². The maximum absolute atomic E-state index is 13.9. The van der Waals surface area contributed by atoms with E-state index in [0.717, 1.165) is 17.2 Å². The molecule has 112 valence electrons. The van der Waals surface area contributed by atoms with Crippen molar-refractivity contribution in [3.63, 3.8) is 0 Å². The molecular formula is C15H17FN2O2S. The summed E-state index contributed by atoms with van der Waals surface area (Å²) in [7, 11) is -3.97. The minimum atomic E-state index is -3.97. The molecule has 3 N–H and O–H groups in total. The fraction of sp³-hybridized carbons (Fsp3) is 0.200. The molecule has 0 aromatic heterocycles. The highest BCUT2D eigenvalue weighted by Crippen LogP contribution is 2.21. The number of hydrogen-bond acceptors (Lipinski definition) is 3. The van der Waals surface area contributed by atoms with Crippen molar-refractivity contribution in [3.8, 4) is 0 Å². The first-order valence-electron chi connectivity index (χ1n) is 6.41. The first-order chi connectivity index (χ1) is 9.81. The van der Waals surface area contributed by atoms with Crippen molar-refractivity contribution in [1.29, 1.82) is 0 Å². The molecule has 4 nitrogen and oxygen atoms in total. The molecular weight excluding hydrogens is 291 g/mol. The third-order valence-electron chi connectivity index (χ3n) is 3.00. The number of anilines is 1. The molecule has 0 radical (unpaired) electrons. The van der Waals surface area contributed by atoms with Crippen LogP contribution in [0.2, 0.25) is 0 Å². The molecule has 0 aliphatic carbocycles. The molecule has 0 amide bonds. The van der Waals surface area contributed by atoms with Gasteiger partial charge in [-0.25, -0.2) is 12.8 Å². The molecule has 2 aromatic rings. The van der Waals surface area contributed by atoms with Gasteiger partial charge in [-0.05, 0) is 54.8 Å². The van der Waals surface area contributed by atoms with Crippen molar-refractivity contribution < 1.29 is 12.8 Å². The van der Waals surface area contributed by atoms with E-state index in [-0.39, 0.29) is 11.4 Å². The van der Waals surface area contributed by atoms with Gasteiger partial charge < -0.3 is 5.73 Å². The van der Waals surface area contributed by atoms with Crippen molar-refractivity contribution in [2.75, 3.05) is 4.72 Å². The van der Waals surface area contributed by atoms with Crippen molar-refractivity contribution in [1.82, 2.24) is 0 Å². The fourth-order valence-corrected chi connectivity index (χ4v) is 3.23. The second-order valence-corrected chi connectivity index (χ2v) is 6.60. The highest BCUT2D eigenvalue weighted by Gasteiger charge is 2.19. The lowest BCUT2D eigenvalue weighted by atomic mass is 10.1. The predicted molar refractivity (Wildman–Crippen MR) is 81.0 cm³/mol. The van der Waals surface area contributed by atoms with Crippen LogP contribution in [0.3, 0.4) is 0 Å². The lowest BCUT2D eigenvalue weighted by molar-refractivity contribution is 0.569. The number of nitrogens with one attached hydrogen (secondary N) is 1. The number of rotatable bonds is 4. The Morgan fingerprint density at radius 3 is 2.24 bits per heavy atom. The molecule has 21 heavy (non-hydrogen) atoms. The molecule has 0 heterocycles. The Morgan fingerprint density at radius 1 is 1.10 bits per heavy atom. The van der Waals surface area contributed by atoms with Gasteiger partial charge in [-0.3, -0.25) is 4.72 Å². The summed E-state index contributed by atoms with van der Waals surface area (Å²) in [5, 5.41) is 0. The zero-order valence-corrected chi connectivity index (χ0v) is 12.7. The van der Waals surface area contributed by atoms with Crippen molar-refractivity contribution >= 4 is 15.7 Å². The predicted octanol–water partition coefficient (Wildman–Crippen LogP) is 2.70. The van der Waals surface area contributed by atoms with Gasteiger partial charge in [0.2, 0.25) is 0 Å².